The number of carbonyl (C=O) groups is 2. The minimum absolute atomic E-state index is 0.225. The topological polar surface area (TPSA) is 74.2 Å². The SMILES string of the molecule is CCOC(=O)[C@@H]1C(=O)NC(N2CCN(Cc3ccccc3)CC2)=N[C@H]1c1ccc(C)cc1. The predicted octanol–water partition coefficient (Wildman–Crippen LogP) is 2.52. The zero-order valence-electron chi connectivity index (χ0n) is 18.7. The molecular formula is C25H30N4O3. The van der Waals surface area contributed by atoms with Gasteiger partial charge in [0, 0.05) is 32.7 Å². The number of hydrogen-bond acceptors (Lipinski definition) is 6. The Morgan fingerprint density at radius 3 is 2.41 bits per heavy atom. The Morgan fingerprint density at radius 1 is 1.06 bits per heavy atom. The summed E-state index contributed by atoms with van der Waals surface area (Å²) in [7, 11) is 0. The summed E-state index contributed by atoms with van der Waals surface area (Å²) in [5, 5.41) is 2.87. The lowest BCUT2D eigenvalue weighted by Crippen LogP contribution is -2.57. The summed E-state index contributed by atoms with van der Waals surface area (Å²) < 4.78 is 5.19. The lowest BCUT2D eigenvalue weighted by atomic mass is 9.91. The number of benzene rings is 2. The van der Waals surface area contributed by atoms with Crippen LogP contribution in [0.4, 0.5) is 0 Å². The van der Waals surface area contributed by atoms with E-state index in [1.807, 2.05) is 37.3 Å². The first-order valence-corrected chi connectivity index (χ1v) is 11.2. The van der Waals surface area contributed by atoms with Crippen LogP contribution in [-0.4, -0.2) is 60.4 Å². The maximum atomic E-state index is 13.0. The molecular weight excluding hydrogens is 404 g/mol. The molecule has 2 aliphatic rings. The summed E-state index contributed by atoms with van der Waals surface area (Å²) in [5.41, 5.74) is 3.24. The van der Waals surface area contributed by atoms with Crippen molar-refractivity contribution in [1.82, 2.24) is 15.1 Å². The fourth-order valence-corrected chi connectivity index (χ4v) is 4.19. The highest BCUT2D eigenvalue weighted by atomic mass is 16.5. The number of guanidine groups is 1. The molecule has 1 N–H and O–H groups in total. The van der Waals surface area contributed by atoms with Crippen LogP contribution in [0.2, 0.25) is 0 Å². The minimum Gasteiger partial charge on any atom is -0.465 e. The van der Waals surface area contributed by atoms with E-state index in [-0.39, 0.29) is 12.5 Å². The lowest BCUT2D eigenvalue weighted by molar-refractivity contribution is -0.153. The van der Waals surface area contributed by atoms with Crippen LogP contribution in [-0.2, 0) is 20.9 Å². The van der Waals surface area contributed by atoms with Crippen molar-refractivity contribution in [1.29, 1.82) is 0 Å². The molecule has 168 valence electrons. The highest BCUT2D eigenvalue weighted by molar-refractivity contribution is 6.08. The highest BCUT2D eigenvalue weighted by Crippen LogP contribution is 2.31. The molecule has 0 saturated carbocycles. The molecule has 0 radical (unpaired) electrons. The van der Waals surface area contributed by atoms with E-state index in [1.165, 1.54) is 5.56 Å². The van der Waals surface area contributed by atoms with Gasteiger partial charge >= 0.3 is 5.97 Å². The van der Waals surface area contributed by atoms with Gasteiger partial charge in [-0.2, -0.15) is 0 Å². The van der Waals surface area contributed by atoms with Crippen molar-refractivity contribution in [3.8, 4) is 0 Å². The summed E-state index contributed by atoms with van der Waals surface area (Å²) in [5.74, 6) is -1.34. The van der Waals surface area contributed by atoms with E-state index >= 15 is 0 Å². The largest absolute Gasteiger partial charge is 0.465 e. The number of aryl methyl sites for hydroxylation is 1. The molecule has 0 aromatic heterocycles. The average Bonchev–Trinajstić information content (AvgIpc) is 2.80. The second-order valence-corrected chi connectivity index (χ2v) is 8.28. The molecule has 2 atom stereocenters. The summed E-state index contributed by atoms with van der Waals surface area (Å²) >= 11 is 0. The number of piperazine rings is 1. The number of nitrogens with one attached hydrogen (secondary N) is 1. The highest BCUT2D eigenvalue weighted by Gasteiger charge is 2.42. The Balaban J connectivity index is 1.51. The molecule has 2 aromatic rings. The van der Waals surface area contributed by atoms with Crippen molar-refractivity contribution in [3.63, 3.8) is 0 Å². The molecule has 4 rings (SSSR count). The smallest absolute Gasteiger partial charge is 0.321 e. The minimum atomic E-state index is -0.985. The van der Waals surface area contributed by atoms with Gasteiger partial charge in [0.15, 0.2) is 5.92 Å². The molecule has 0 spiro atoms. The predicted molar refractivity (Wildman–Crippen MR) is 123 cm³/mol. The van der Waals surface area contributed by atoms with Gasteiger partial charge < -0.3 is 9.64 Å². The van der Waals surface area contributed by atoms with Gasteiger partial charge in [0.25, 0.3) is 0 Å². The molecule has 1 saturated heterocycles. The fraction of sp³-hybridized carbons (Fsp3) is 0.400. The lowest BCUT2D eigenvalue weighted by Gasteiger charge is -2.39. The molecule has 0 bridgehead atoms. The van der Waals surface area contributed by atoms with E-state index in [9.17, 15) is 9.59 Å². The van der Waals surface area contributed by atoms with Crippen molar-refractivity contribution < 1.29 is 14.3 Å². The molecule has 2 heterocycles. The van der Waals surface area contributed by atoms with Gasteiger partial charge in [-0.1, -0.05) is 60.2 Å². The van der Waals surface area contributed by atoms with E-state index in [1.54, 1.807) is 6.92 Å². The maximum absolute atomic E-state index is 13.0. The van der Waals surface area contributed by atoms with Crippen molar-refractivity contribution in [3.05, 3.63) is 71.3 Å². The summed E-state index contributed by atoms with van der Waals surface area (Å²) in [4.78, 5) is 34.9. The summed E-state index contributed by atoms with van der Waals surface area (Å²) in [6.07, 6.45) is 0. The first-order chi connectivity index (χ1) is 15.5. The molecule has 1 amide bonds. The molecule has 32 heavy (non-hydrogen) atoms. The van der Waals surface area contributed by atoms with Crippen molar-refractivity contribution in [2.75, 3.05) is 32.8 Å². The molecule has 0 unspecified atom stereocenters. The van der Waals surface area contributed by atoms with Crippen LogP contribution in [0.15, 0.2) is 59.6 Å². The first kappa shape index (κ1) is 22.0. The van der Waals surface area contributed by atoms with Gasteiger partial charge in [0.1, 0.15) is 6.04 Å². The Labute approximate surface area is 189 Å². The van der Waals surface area contributed by atoms with Crippen LogP contribution in [0.5, 0.6) is 0 Å². The Kier molecular flexibility index (Phi) is 6.85. The van der Waals surface area contributed by atoms with Crippen molar-refractivity contribution in [2.24, 2.45) is 10.9 Å². The molecule has 7 nitrogen and oxygen atoms in total. The Morgan fingerprint density at radius 2 is 1.75 bits per heavy atom. The van der Waals surface area contributed by atoms with Crippen LogP contribution >= 0.6 is 0 Å². The Hall–Kier alpha value is -3.19. The summed E-state index contributed by atoms with van der Waals surface area (Å²) in [6, 6.07) is 17.6. The second-order valence-electron chi connectivity index (χ2n) is 8.28. The van der Waals surface area contributed by atoms with Crippen molar-refractivity contribution in [2.45, 2.75) is 26.4 Å². The molecule has 2 aliphatic heterocycles. The van der Waals surface area contributed by atoms with Crippen LogP contribution in [0.3, 0.4) is 0 Å². The number of aliphatic imine (C=N–C) groups is 1. The van der Waals surface area contributed by atoms with Gasteiger partial charge in [-0.05, 0) is 25.0 Å². The first-order valence-electron chi connectivity index (χ1n) is 11.2. The van der Waals surface area contributed by atoms with E-state index in [0.717, 1.165) is 43.9 Å². The van der Waals surface area contributed by atoms with Gasteiger partial charge in [0.2, 0.25) is 11.9 Å². The van der Waals surface area contributed by atoms with Crippen LogP contribution < -0.4 is 5.32 Å². The van der Waals surface area contributed by atoms with E-state index in [0.29, 0.717) is 5.96 Å². The number of amides is 1. The number of nitrogens with zero attached hydrogens (tertiary/aromatic N) is 3. The van der Waals surface area contributed by atoms with E-state index < -0.39 is 17.9 Å². The van der Waals surface area contributed by atoms with Crippen molar-refractivity contribution >= 4 is 17.8 Å². The third kappa shape index (κ3) is 4.99. The number of ether oxygens (including phenoxy) is 1. The zero-order chi connectivity index (χ0) is 22.5. The van der Waals surface area contributed by atoms with Gasteiger partial charge in [0.05, 0.1) is 6.61 Å². The van der Waals surface area contributed by atoms with Crippen LogP contribution in [0, 0.1) is 12.8 Å². The summed E-state index contributed by atoms with van der Waals surface area (Å²) in [6.45, 7) is 8.15. The fourth-order valence-electron chi connectivity index (χ4n) is 4.19. The molecule has 2 aromatic carbocycles. The zero-order valence-corrected chi connectivity index (χ0v) is 18.7. The quantitative estimate of drug-likeness (QED) is 0.578. The number of carbonyl (C=O) groups excluding carboxylic acids is 2. The van der Waals surface area contributed by atoms with Crippen LogP contribution in [0.25, 0.3) is 0 Å². The number of rotatable bonds is 5. The number of esters is 1. The van der Waals surface area contributed by atoms with E-state index in [4.69, 9.17) is 9.73 Å². The third-order valence-electron chi connectivity index (χ3n) is 5.97. The normalized spacial score (nSPS) is 21.6. The molecule has 1 fully saturated rings. The second kappa shape index (κ2) is 9.96. The maximum Gasteiger partial charge on any atom is 0.321 e. The van der Waals surface area contributed by atoms with Gasteiger partial charge in [-0.15, -0.1) is 0 Å². The third-order valence-corrected chi connectivity index (χ3v) is 5.97. The molecule has 7 heteroatoms. The molecule has 0 aliphatic carbocycles. The van der Waals surface area contributed by atoms with Gasteiger partial charge in [-0.3, -0.25) is 19.8 Å². The number of hydrogen-bond donors (Lipinski definition) is 1. The standard InChI is InChI=1S/C25H30N4O3/c1-3-32-24(31)21-22(20-11-9-18(2)10-12-20)26-25(27-23(21)30)29-15-13-28(14-16-29)17-19-7-5-4-6-8-19/h4-12,21-22H,3,13-17H2,1-2H3,(H,26,27,30)/t21-,22-/m0/s1. The van der Waals surface area contributed by atoms with Crippen LogP contribution in [0.1, 0.15) is 29.7 Å². The Bertz CT molecular complexity index is 966. The van der Waals surface area contributed by atoms with Gasteiger partial charge in [-0.25, -0.2) is 4.99 Å². The monoisotopic (exact) mass is 434 g/mol. The average molecular weight is 435 g/mol. The van der Waals surface area contributed by atoms with E-state index in [2.05, 4.69) is 39.4 Å².